The molecule has 0 heterocycles. The lowest BCUT2D eigenvalue weighted by Gasteiger charge is -2.24. The monoisotopic (exact) mass is 774 g/mol. The minimum absolute atomic E-state index is 0.0361. The van der Waals surface area contributed by atoms with Crippen molar-refractivity contribution in [2.75, 3.05) is 0 Å². The summed E-state index contributed by atoms with van der Waals surface area (Å²) < 4.78 is 13.2. The van der Waals surface area contributed by atoms with Gasteiger partial charge in [0, 0.05) is 43.4 Å². The standard InChI is InChI=1S/C48H42N2O8/c51-45(49-27-13-5-1-6-14-27)33-23-21-31-42-38(58-30-19-11-4-12-20-30)26-36(48(55)56)40-34(47(53)54)24-22-32(44(40)42)41-37(57-29-17-9-3-10-18-29)25-35(39(33)43(31)41)46(52)50-28-15-7-2-8-16-28/h3-4,9-12,17-28H,1-2,5-8,13-16H2,(H,49,51)(H,50,52)(H,53,54)(H,55,56). The molecule has 2 fully saturated rings. The van der Waals surface area contributed by atoms with Crippen LogP contribution < -0.4 is 9.47 Å². The molecule has 10 nitrogen and oxygen atoms in total. The molecule has 2 aliphatic rings. The Morgan fingerprint density at radius 1 is 0.448 bits per heavy atom. The number of hydrogen-bond acceptors (Lipinski definition) is 6. The normalized spacial score (nSPS) is 16.1. The minimum Gasteiger partial charge on any atom is -0.493 e. The van der Waals surface area contributed by atoms with Crippen LogP contribution in [-0.2, 0) is 0 Å². The van der Waals surface area contributed by atoms with E-state index >= 15 is 0 Å². The Morgan fingerprint density at radius 3 is 1.33 bits per heavy atom. The van der Waals surface area contributed by atoms with Gasteiger partial charge in [0.05, 0.1) is 23.2 Å². The first-order chi connectivity index (χ1) is 28.3. The predicted molar refractivity (Wildman–Crippen MR) is 227 cm³/mol. The van der Waals surface area contributed by atoms with E-state index in [9.17, 15) is 30.0 Å². The van der Waals surface area contributed by atoms with Crippen LogP contribution in [0.15, 0.2) is 107 Å². The molecular formula is C48H42N2O8. The second-order valence-corrected chi connectivity index (χ2v) is 15.3. The SMILES string of the molecule is O=C(O)c1ccc2c3c(Oc4ccccc4)cc(C(O)=NC4CCCCC4)c4c(C(O)=NC5CCCCC5)ccc(c5c(Oc6ccccc6)cc(C(=O)O)c1c25)c43. The minimum atomic E-state index is -1.32. The number of fused-ring (bicyclic) bond motifs is 2. The van der Waals surface area contributed by atoms with E-state index in [1.54, 1.807) is 54.6 Å². The highest BCUT2D eigenvalue weighted by atomic mass is 16.5. The zero-order valence-corrected chi connectivity index (χ0v) is 31.8. The smallest absolute Gasteiger partial charge is 0.336 e. The first-order valence-corrected chi connectivity index (χ1v) is 20.0. The maximum Gasteiger partial charge on any atom is 0.336 e. The molecule has 0 unspecified atom stereocenters. The summed E-state index contributed by atoms with van der Waals surface area (Å²) in [4.78, 5) is 35.7. The van der Waals surface area contributed by atoms with Crippen LogP contribution in [0.3, 0.4) is 0 Å². The molecule has 7 aromatic carbocycles. The maximum absolute atomic E-state index is 13.1. The summed E-state index contributed by atoms with van der Waals surface area (Å²) in [5, 5.41) is 48.8. The Balaban J connectivity index is 1.48. The first-order valence-electron chi connectivity index (χ1n) is 20.0. The number of ether oxygens (including phenoxy) is 2. The summed E-state index contributed by atoms with van der Waals surface area (Å²) in [5.74, 6) is -1.50. The number of aliphatic imine (C=N–C) groups is 2. The number of aliphatic hydroxyl groups excluding tert-OH is 2. The number of aliphatic hydroxyl groups is 2. The van der Waals surface area contributed by atoms with Crippen LogP contribution in [-0.4, -0.2) is 56.2 Å². The Hall–Kier alpha value is -6.68. The fourth-order valence-electron chi connectivity index (χ4n) is 9.04. The second kappa shape index (κ2) is 15.3. The Kier molecular flexibility index (Phi) is 9.77. The van der Waals surface area contributed by atoms with Crippen molar-refractivity contribution in [1.29, 1.82) is 0 Å². The third-order valence-corrected chi connectivity index (χ3v) is 11.7. The summed E-state index contributed by atoms with van der Waals surface area (Å²) in [6, 6.07) is 27.7. The van der Waals surface area contributed by atoms with E-state index in [4.69, 9.17) is 19.5 Å². The Labute approximate surface area is 334 Å². The number of hydrogen-bond donors (Lipinski definition) is 4. The van der Waals surface area contributed by atoms with Crippen LogP contribution in [0.4, 0.5) is 0 Å². The quantitative estimate of drug-likeness (QED) is 0.0462. The number of nitrogens with zero attached hydrogens (tertiary/aromatic N) is 2. The zero-order valence-electron chi connectivity index (χ0n) is 31.8. The molecule has 2 saturated carbocycles. The lowest BCUT2D eigenvalue weighted by molar-refractivity contribution is 0.0695. The molecule has 7 aromatic rings. The van der Waals surface area contributed by atoms with Crippen molar-refractivity contribution >= 4 is 66.8 Å². The average Bonchev–Trinajstić information content (AvgIpc) is 3.24. The molecular weight excluding hydrogens is 733 g/mol. The Bertz CT molecular complexity index is 2770. The highest BCUT2D eigenvalue weighted by molar-refractivity contribution is 6.40. The first kappa shape index (κ1) is 36.9. The van der Waals surface area contributed by atoms with Gasteiger partial charge in [0.25, 0.3) is 0 Å². The summed E-state index contributed by atoms with van der Waals surface area (Å²) in [5.41, 5.74) is 0.312. The van der Waals surface area contributed by atoms with Gasteiger partial charge in [-0.15, -0.1) is 0 Å². The highest BCUT2D eigenvalue weighted by Gasteiger charge is 2.30. The van der Waals surface area contributed by atoms with Gasteiger partial charge in [0.15, 0.2) is 0 Å². The molecule has 4 N–H and O–H groups in total. The number of para-hydroxylation sites is 2. The topological polar surface area (TPSA) is 158 Å². The van der Waals surface area contributed by atoms with E-state index in [1.165, 1.54) is 12.1 Å². The molecule has 2 aliphatic carbocycles. The van der Waals surface area contributed by atoms with Crippen molar-refractivity contribution < 1.29 is 39.5 Å². The molecule has 0 aromatic heterocycles. The van der Waals surface area contributed by atoms with Crippen LogP contribution in [0.5, 0.6) is 23.0 Å². The lowest BCUT2D eigenvalue weighted by Crippen LogP contribution is -2.16. The Morgan fingerprint density at radius 2 is 0.862 bits per heavy atom. The van der Waals surface area contributed by atoms with Crippen molar-refractivity contribution in [2.45, 2.75) is 76.3 Å². The number of carbonyl (C=O) groups is 2. The van der Waals surface area contributed by atoms with E-state index in [-0.39, 0.29) is 46.1 Å². The van der Waals surface area contributed by atoms with Crippen molar-refractivity contribution in [3.05, 3.63) is 119 Å². The molecule has 0 saturated heterocycles. The highest BCUT2D eigenvalue weighted by Crippen LogP contribution is 2.51. The third-order valence-electron chi connectivity index (χ3n) is 11.7. The van der Waals surface area contributed by atoms with Gasteiger partial charge in [-0.2, -0.15) is 0 Å². The molecule has 0 spiro atoms. The molecule has 0 amide bonds. The molecule has 10 heteroatoms. The van der Waals surface area contributed by atoms with Crippen molar-refractivity contribution in [2.24, 2.45) is 9.98 Å². The fourth-order valence-corrected chi connectivity index (χ4v) is 9.04. The largest absolute Gasteiger partial charge is 0.493 e. The fraction of sp³-hybridized carbons (Fsp3) is 0.250. The zero-order chi connectivity index (χ0) is 39.9. The predicted octanol–water partition coefficient (Wildman–Crippen LogP) is 12.0. The maximum atomic E-state index is 13.1. The third kappa shape index (κ3) is 6.68. The van der Waals surface area contributed by atoms with Crippen LogP contribution in [0, 0.1) is 0 Å². The second-order valence-electron chi connectivity index (χ2n) is 15.3. The molecule has 58 heavy (non-hydrogen) atoms. The summed E-state index contributed by atoms with van der Waals surface area (Å²) >= 11 is 0. The molecule has 0 aliphatic heterocycles. The number of carboxylic acid groups (broad SMARTS) is 2. The van der Waals surface area contributed by atoms with E-state index in [2.05, 4.69) is 0 Å². The van der Waals surface area contributed by atoms with Crippen molar-refractivity contribution in [3.63, 3.8) is 0 Å². The number of benzene rings is 7. The molecule has 0 radical (unpaired) electrons. The molecule has 292 valence electrons. The average molecular weight is 775 g/mol. The van der Waals surface area contributed by atoms with Crippen LogP contribution >= 0.6 is 0 Å². The van der Waals surface area contributed by atoms with Gasteiger partial charge in [-0.25, -0.2) is 19.6 Å². The van der Waals surface area contributed by atoms with E-state index in [1.807, 2.05) is 30.3 Å². The molecule has 0 bridgehead atoms. The van der Waals surface area contributed by atoms with Gasteiger partial charge in [0.1, 0.15) is 23.0 Å². The van der Waals surface area contributed by atoms with Gasteiger partial charge < -0.3 is 29.9 Å². The number of rotatable bonds is 10. The van der Waals surface area contributed by atoms with Crippen molar-refractivity contribution in [3.8, 4) is 23.0 Å². The number of aromatic carboxylic acids is 2. The van der Waals surface area contributed by atoms with Gasteiger partial charge in [0.2, 0.25) is 11.8 Å². The van der Waals surface area contributed by atoms with Gasteiger partial charge in [-0.1, -0.05) is 87.1 Å². The summed E-state index contributed by atoms with van der Waals surface area (Å²) in [6.07, 6.45) is 9.69. The van der Waals surface area contributed by atoms with E-state index < -0.39 is 11.9 Å². The van der Waals surface area contributed by atoms with Gasteiger partial charge >= 0.3 is 11.9 Å². The summed E-state index contributed by atoms with van der Waals surface area (Å²) in [6.45, 7) is 0. The van der Waals surface area contributed by atoms with Crippen LogP contribution in [0.2, 0.25) is 0 Å². The lowest BCUT2D eigenvalue weighted by atomic mass is 9.83. The molecule has 9 rings (SSSR count). The van der Waals surface area contributed by atoms with Gasteiger partial charge in [-0.3, -0.25) is 0 Å². The van der Waals surface area contributed by atoms with Crippen LogP contribution in [0.25, 0.3) is 43.1 Å². The molecule has 0 atom stereocenters. The summed E-state index contributed by atoms with van der Waals surface area (Å²) in [7, 11) is 0. The van der Waals surface area contributed by atoms with Gasteiger partial charge in [-0.05, 0) is 85.0 Å². The van der Waals surface area contributed by atoms with Crippen LogP contribution in [0.1, 0.15) is 96.1 Å². The number of carboxylic acids is 2. The van der Waals surface area contributed by atoms with Crippen molar-refractivity contribution in [1.82, 2.24) is 0 Å². The van der Waals surface area contributed by atoms with E-state index in [0.29, 0.717) is 66.1 Å². The van der Waals surface area contributed by atoms with E-state index in [0.717, 1.165) is 64.2 Å².